The van der Waals surface area contributed by atoms with Crippen molar-refractivity contribution in [3.8, 4) is 5.75 Å². The van der Waals surface area contributed by atoms with Crippen LogP contribution in [-0.4, -0.2) is 216 Å². The van der Waals surface area contributed by atoms with Crippen LogP contribution in [0, 0.1) is 11.8 Å². The van der Waals surface area contributed by atoms with Gasteiger partial charge < -0.3 is 89.2 Å². The van der Waals surface area contributed by atoms with Crippen LogP contribution in [0.2, 0.25) is 0 Å². The molecule has 0 radical (unpaired) electrons. The Morgan fingerprint density at radius 3 is 1.68 bits per heavy atom. The number of aliphatic hydroxyl groups excluding tert-OH is 1. The number of carbonyl (C=O) groups excluding carboxylic acids is 13. The van der Waals surface area contributed by atoms with Crippen LogP contribution in [0.25, 0.3) is 0 Å². The number of hydrogen-bond donors (Lipinski definition) is 16. The number of aromatic hydroxyl groups is 1. The van der Waals surface area contributed by atoms with Gasteiger partial charge in [-0.15, -0.1) is 0 Å². The Kier molecular flexibility index (Phi) is 32.2. The number of aromatic amines is 1. The van der Waals surface area contributed by atoms with Crippen molar-refractivity contribution in [2.45, 2.75) is 173 Å². The first-order valence-corrected chi connectivity index (χ1v) is 31.2. The van der Waals surface area contributed by atoms with E-state index in [2.05, 4.69) is 63.1 Å². The summed E-state index contributed by atoms with van der Waals surface area (Å²) < 4.78 is 0. The molecular weight excluding hydrogens is 1230 g/mol. The average Bonchev–Trinajstić information content (AvgIpc) is 1.61. The van der Waals surface area contributed by atoms with Gasteiger partial charge in [-0.05, 0) is 80.1 Å². The number of phenolic OH excluding ortho intramolecular Hbond substituents is 1. The second-order valence-corrected chi connectivity index (χ2v) is 23.5. The van der Waals surface area contributed by atoms with Crippen molar-refractivity contribution in [1.29, 1.82) is 0 Å². The number of thioether (sulfide) groups is 1. The second kappa shape index (κ2) is 38.5. The van der Waals surface area contributed by atoms with Gasteiger partial charge in [0.1, 0.15) is 60.1 Å². The molecule has 0 aliphatic carbocycles. The molecule has 1 aromatic carbocycles. The summed E-state index contributed by atoms with van der Waals surface area (Å²) in [7, 11) is 0. The topological polar surface area (TPSA) is 515 Å². The largest absolute Gasteiger partial charge is 0.508 e. The van der Waals surface area contributed by atoms with Gasteiger partial charge in [0.25, 0.3) is 5.91 Å². The van der Waals surface area contributed by atoms with Crippen LogP contribution in [0.4, 0.5) is 0 Å². The number of nitrogens with one attached hydrogen (secondary N) is 11. The van der Waals surface area contributed by atoms with Gasteiger partial charge in [-0.3, -0.25) is 71.9 Å². The quantitative estimate of drug-likeness (QED) is 0.0283. The molecule has 0 saturated carbocycles. The number of carboxylic acid groups (broad SMARTS) is 2. The molecule has 33 nitrogen and oxygen atoms in total. The van der Waals surface area contributed by atoms with Crippen molar-refractivity contribution in [3.05, 3.63) is 48.0 Å². The van der Waals surface area contributed by atoms with Crippen LogP contribution in [-0.2, 0) is 84.8 Å². The Morgan fingerprint density at radius 1 is 0.652 bits per heavy atom. The number of likely N-dealkylation sites (tertiary alicyclic amines) is 1. The number of aliphatic hydroxyl groups is 1. The molecule has 3 rings (SSSR count). The molecule has 92 heavy (non-hydrogen) atoms. The Bertz CT molecular complexity index is 2930. The summed E-state index contributed by atoms with van der Waals surface area (Å²) in [5.74, 6) is -16.0. The SMILES string of the molecule is CCC[C@H](NC(=O)C1CCCN1C(=O)[C@@H](NC(=O)[C@@H](NC(=O)[C@H](CCC(=O)O)NC(=O)[C@H](CCC(=O)O)NC(C)=O)C(C)C)C(C)C)C(=O)C(=O)NCC(=O)N[C@@H](CCSC)C(=O)N[C@H](Cc1cnc[nH]1)C(=O)N[C@@H](Cc1ccc(O)cc1)C(=O)N[C@@H](CO)C(N)=O. The van der Waals surface area contributed by atoms with Crippen molar-refractivity contribution in [2.75, 3.05) is 31.7 Å². The number of rotatable bonds is 40. The number of nitrogens with zero attached hydrogens (tertiary/aromatic N) is 2. The van der Waals surface area contributed by atoms with Gasteiger partial charge in [-0.1, -0.05) is 53.2 Å². The molecule has 1 fully saturated rings. The number of amides is 12. The summed E-state index contributed by atoms with van der Waals surface area (Å²) in [5.41, 5.74) is 6.13. The lowest BCUT2D eigenvalue weighted by molar-refractivity contribution is -0.144. The number of aliphatic carboxylic acids is 2. The Labute approximate surface area is 534 Å². The molecular formula is C58H86N14O19S. The second-order valence-electron chi connectivity index (χ2n) is 22.5. The number of carbonyl (C=O) groups is 15. The number of Topliss-reactive ketones (excluding diaryl/α,β-unsaturated/α-hetero) is 1. The van der Waals surface area contributed by atoms with Crippen LogP contribution < -0.4 is 58.9 Å². The van der Waals surface area contributed by atoms with E-state index in [1.54, 1.807) is 40.9 Å². The molecule has 2 heterocycles. The number of ketones is 1. The van der Waals surface area contributed by atoms with E-state index in [-0.39, 0.29) is 57.2 Å². The number of nitrogens with two attached hydrogens (primary N) is 1. The Balaban J connectivity index is 1.75. The monoisotopic (exact) mass is 1310 g/mol. The molecule has 0 spiro atoms. The first-order valence-electron chi connectivity index (χ1n) is 29.8. The molecule has 17 N–H and O–H groups in total. The van der Waals surface area contributed by atoms with E-state index in [9.17, 15) is 87.2 Å². The summed E-state index contributed by atoms with van der Waals surface area (Å²) in [6.07, 6.45) is 2.55. The fourth-order valence-corrected chi connectivity index (χ4v) is 10.00. The smallest absolute Gasteiger partial charge is 0.303 e. The number of carboxylic acids is 2. The molecule has 508 valence electrons. The number of H-pyrrole nitrogens is 1. The third kappa shape index (κ3) is 25.6. The lowest BCUT2D eigenvalue weighted by Crippen LogP contribution is -2.61. The van der Waals surface area contributed by atoms with E-state index in [0.29, 0.717) is 23.4 Å². The molecule has 1 aliphatic rings. The highest BCUT2D eigenvalue weighted by atomic mass is 32.2. The molecule has 12 amide bonds. The highest BCUT2D eigenvalue weighted by Gasteiger charge is 2.42. The first-order chi connectivity index (χ1) is 43.4. The molecule has 1 aliphatic heterocycles. The van der Waals surface area contributed by atoms with Gasteiger partial charge in [0.15, 0.2) is 0 Å². The number of benzene rings is 1. The number of imidazole rings is 1. The van der Waals surface area contributed by atoms with Gasteiger partial charge >= 0.3 is 11.9 Å². The predicted octanol–water partition coefficient (Wildman–Crippen LogP) is -3.97. The molecule has 0 bridgehead atoms. The molecule has 2 aromatic rings. The average molecular weight is 1320 g/mol. The fourth-order valence-electron chi connectivity index (χ4n) is 9.53. The summed E-state index contributed by atoms with van der Waals surface area (Å²) in [6, 6.07) is -8.55. The van der Waals surface area contributed by atoms with Crippen LogP contribution >= 0.6 is 11.8 Å². The highest BCUT2D eigenvalue weighted by Crippen LogP contribution is 2.22. The number of primary amides is 1. The van der Waals surface area contributed by atoms with Gasteiger partial charge in [0.05, 0.1) is 25.5 Å². The molecule has 10 atom stereocenters. The maximum Gasteiger partial charge on any atom is 0.303 e. The zero-order valence-corrected chi connectivity index (χ0v) is 53.1. The number of hydrogen-bond acceptors (Lipinski definition) is 19. The molecule has 1 aromatic heterocycles. The summed E-state index contributed by atoms with van der Waals surface area (Å²) in [4.78, 5) is 206. The van der Waals surface area contributed by atoms with Crippen molar-refractivity contribution in [1.82, 2.24) is 68.0 Å². The maximum absolute atomic E-state index is 14.4. The summed E-state index contributed by atoms with van der Waals surface area (Å²) in [6.45, 7) is 7.39. The number of phenols is 1. The van der Waals surface area contributed by atoms with Crippen molar-refractivity contribution >= 4 is 100 Å². The molecule has 34 heteroatoms. The van der Waals surface area contributed by atoms with E-state index in [1.807, 2.05) is 0 Å². The van der Waals surface area contributed by atoms with Gasteiger partial charge in [-0.25, -0.2) is 4.98 Å². The fraction of sp³-hybridized carbons (Fsp3) is 0.586. The minimum absolute atomic E-state index is 0.0111. The zero-order chi connectivity index (χ0) is 68.9. The third-order valence-electron chi connectivity index (χ3n) is 14.5. The lowest BCUT2D eigenvalue weighted by atomic mass is 9.98. The van der Waals surface area contributed by atoms with Gasteiger partial charge in [-0.2, -0.15) is 11.8 Å². The third-order valence-corrected chi connectivity index (χ3v) is 15.2. The van der Waals surface area contributed by atoms with Crippen LogP contribution in [0.3, 0.4) is 0 Å². The standard InChI is InChI=1S/C58H86N14O19S/c1-8-10-35(65-55(88)42-11-9-21-72(42)58(91)47(30(4)5)71-56(89)46(29(2)3)70-52(85)37(17-19-45(79)80)66-50(83)36(63-31(6)74)16-18-44(77)78)48(81)57(90)61-26-43(76)64-38(20-22-92-7)51(84)68-40(24-33-25-60-28-62-33)54(87)67-39(23-32-12-14-34(75)15-13-32)53(86)69-41(27-73)49(59)82/h12-15,25,28-30,35-42,46-47,73,75H,8-11,16-24,26-27H2,1-7H3,(H2,59,82)(H,60,62)(H,61,90)(H,63,74)(H,64,76)(H,65,88)(H,66,83)(H,67,87)(H,68,84)(H,69,86)(H,70,85)(H,71,89)(H,77,78)(H,79,80)/t35-,36-,37-,38-,39-,40+,41-,42?,46-,47-/m0/s1. The van der Waals surface area contributed by atoms with Crippen LogP contribution in [0.5, 0.6) is 5.75 Å². The Hall–Kier alpha value is -9.21. The highest BCUT2D eigenvalue weighted by molar-refractivity contribution is 7.98. The Morgan fingerprint density at radius 2 is 1.17 bits per heavy atom. The normalized spacial score (nSPS) is 15.7. The van der Waals surface area contributed by atoms with Crippen molar-refractivity contribution in [3.63, 3.8) is 0 Å². The first kappa shape index (κ1) is 77.0. The summed E-state index contributed by atoms with van der Waals surface area (Å²) in [5, 5.41) is 62.6. The van der Waals surface area contributed by atoms with Crippen LogP contribution in [0.1, 0.15) is 111 Å². The van der Waals surface area contributed by atoms with Crippen molar-refractivity contribution < 1.29 is 92.3 Å². The van der Waals surface area contributed by atoms with Gasteiger partial charge in [0, 0.05) is 51.0 Å². The molecule has 1 saturated heterocycles. The van der Waals surface area contributed by atoms with Gasteiger partial charge in [0.2, 0.25) is 70.8 Å². The maximum atomic E-state index is 14.4. The van der Waals surface area contributed by atoms with Crippen molar-refractivity contribution in [2.24, 2.45) is 17.6 Å². The minimum atomic E-state index is -1.59. The van der Waals surface area contributed by atoms with E-state index < -0.39 is 193 Å². The lowest BCUT2D eigenvalue weighted by Gasteiger charge is -2.33. The minimum Gasteiger partial charge on any atom is -0.508 e. The predicted molar refractivity (Wildman–Crippen MR) is 328 cm³/mol. The van der Waals surface area contributed by atoms with E-state index in [0.717, 1.165) is 6.92 Å². The van der Waals surface area contributed by atoms with E-state index >= 15 is 0 Å². The molecule has 1 unspecified atom stereocenters. The van der Waals surface area contributed by atoms with Crippen LogP contribution in [0.15, 0.2) is 36.8 Å². The van der Waals surface area contributed by atoms with E-state index in [1.165, 1.54) is 53.5 Å². The van der Waals surface area contributed by atoms with E-state index in [4.69, 9.17) is 10.8 Å². The zero-order valence-electron chi connectivity index (χ0n) is 52.3. The number of aromatic nitrogens is 2. The summed E-state index contributed by atoms with van der Waals surface area (Å²) >= 11 is 1.31.